The fourth-order valence-electron chi connectivity index (χ4n) is 3.62. The number of alkyl halides is 3. The number of nitrogens with one attached hydrogen (secondary N) is 1. The first kappa shape index (κ1) is 17.1. The molecule has 0 radical (unpaired) electrons. The summed E-state index contributed by atoms with van der Waals surface area (Å²) in [6.45, 7) is 0. The zero-order chi connectivity index (χ0) is 18.5. The molecular formula is C18H19F3N4O. The van der Waals surface area contributed by atoms with Gasteiger partial charge >= 0.3 is 6.18 Å². The van der Waals surface area contributed by atoms with E-state index in [0.29, 0.717) is 17.3 Å². The Hall–Kier alpha value is -2.35. The van der Waals surface area contributed by atoms with Crippen LogP contribution in [0.15, 0.2) is 24.3 Å². The Morgan fingerprint density at radius 3 is 2.54 bits per heavy atom. The molecule has 1 aliphatic carbocycles. The Kier molecular flexibility index (Phi) is 4.02. The van der Waals surface area contributed by atoms with E-state index in [0.717, 1.165) is 48.5 Å². The zero-order valence-corrected chi connectivity index (χ0v) is 14.2. The Balaban J connectivity index is 1.67. The molecule has 0 saturated heterocycles. The molecule has 0 unspecified atom stereocenters. The lowest BCUT2D eigenvalue weighted by Crippen LogP contribution is -2.17. The number of rotatable bonds is 2. The predicted molar refractivity (Wildman–Crippen MR) is 90.5 cm³/mol. The van der Waals surface area contributed by atoms with Gasteiger partial charge in [-0.05, 0) is 55.9 Å². The van der Waals surface area contributed by atoms with E-state index in [9.17, 15) is 18.3 Å². The third-order valence-corrected chi connectivity index (χ3v) is 5.07. The van der Waals surface area contributed by atoms with Crippen LogP contribution in [0.2, 0.25) is 0 Å². The maximum Gasteiger partial charge on any atom is 0.435 e. The highest BCUT2D eigenvalue weighted by molar-refractivity contribution is 5.79. The molecular weight excluding hydrogens is 345 g/mol. The number of H-pyrrole nitrogens is 1. The maximum absolute atomic E-state index is 12.9. The van der Waals surface area contributed by atoms with Crippen molar-refractivity contribution in [3.05, 3.63) is 35.7 Å². The van der Waals surface area contributed by atoms with Crippen LogP contribution in [0.3, 0.4) is 0 Å². The quantitative estimate of drug-likeness (QED) is 0.722. The van der Waals surface area contributed by atoms with Gasteiger partial charge in [0.15, 0.2) is 5.69 Å². The van der Waals surface area contributed by atoms with Crippen LogP contribution in [0.1, 0.15) is 43.0 Å². The van der Waals surface area contributed by atoms with Crippen LogP contribution in [0, 0.1) is 0 Å². The van der Waals surface area contributed by atoms with Gasteiger partial charge in [0.2, 0.25) is 0 Å². The lowest BCUT2D eigenvalue weighted by Gasteiger charge is -2.24. The second-order valence-corrected chi connectivity index (χ2v) is 6.90. The van der Waals surface area contributed by atoms with Gasteiger partial charge < -0.3 is 10.1 Å². The Morgan fingerprint density at radius 1 is 1.15 bits per heavy atom. The molecule has 0 amide bonds. The van der Waals surface area contributed by atoms with Crippen molar-refractivity contribution in [3.63, 3.8) is 0 Å². The molecule has 1 saturated carbocycles. The number of nitrogens with zero attached hydrogens (tertiary/aromatic N) is 3. The molecule has 3 aromatic rings. The van der Waals surface area contributed by atoms with E-state index in [4.69, 9.17) is 0 Å². The largest absolute Gasteiger partial charge is 0.435 e. The van der Waals surface area contributed by atoms with E-state index < -0.39 is 11.9 Å². The molecule has 2 N–H and O–H groups in total. The first-order chi connectivity index (χ1) is 12.3. The van der Waals surface area contributed by atoms with Crippen LogP contribution in [0.4, 0.5) is 13.2 Å². The van der Waals surface area contributed by atoms with E-state index >= 15 is 0 Å². The summed E-state index contributed by atoms with van der Waals surface area (Å²) < 4.78 is 39.8. The normalized spacial score (nSPS) is 21.4. The summed E-state index contributed by atoms with van der Waals surface area (Å²) in [4.78, 5) is 7.88. The van der Waals surface area contributed by atoms with E-state index in [2.05, 4.69) is 15.1 Å². The second kappa shape index (κ2) is 6.12. The number of pyridine rings is 1. The minimum absolute atomic E-state index is 0.215. The standard InChI is InChI=1S/C18H19F3N4O/c1-25-16(9-17(24-25)18(19,20)21)13-7-6-12-15(23-13)8-14(22-12)10-2-4-11(26)5-3-10/h6-11,22,26H,2-5H2,1H3. The summed E-state index contributed by atoms with van der Waals surface area (Å²) in [6, 6.07) is 6.51. The minimum Gasteiger partial charge on any atom is -0.393 e. The van der Waals surface area contributed by atoms with Crippen molar-refractivity contribution < 1.29 is 18.3 Å². The summed E-state index contributed by atoms with van der Waals surface area (Å²) in [5.74, 6) is 0.351. The number of aromatic amines is 1. The Morgan fingerprint density at radius 2 is 1.88 bits per heavy atom. The van der Waals surface area contributed by atoms with Gasteiger partial charge in [-0.25, -0.2) is 4.98 Å². The minimum atomic E-state index is -4.48. The van der Waals surface area contributed by atoms with Gasteiger partial charge in [-0.3, -0.25) is 4.68 Å². The van der Waals surface area contributed by atoms with Crippen molar-refractivity contribution >= 4 is 11.0 Å². The summed E-state index contributed by atoms with van der Waals surface area (Å²) >= 11 is 0. The van der Waals surface area contributed by atoms with Crippen LogP contribution in [-0.4, -0.2) is 31.0 Å². The number of fused-ring (bicyclic) bond motifs is 1. The van der Waals surface area contributed by atoms with E-state index in [-0.39, 0.29) is 6.10 Å². The fourth-order valence-corrected chi connectivity index (χ4v) is 3.62. The molecule has 1 fully saturated rings. The number of aromatic nitrogens is 4. The van der Waals surface area contributed by atoms with Gasteiger partial charge in [0.05, 0.1) is 28.5 Å². The third kappa shape index (κ3) is 3.09. The SMILES string of the molecule is Cn1nc(C(F)(F)F)cc1-c1ccc2[nH]c(C3CCC(O)CC3)cc2n1. The predicted octanol–water partition coefficient (Wildman–Crippen LogP) is 4.00. The number of hydrogen-bond acceptors (Lipinski definition) is 3. The summed E-state index contributed by atoms with van der Waals surface area (Å²) in [7, 11) is 1.48. The number of aliphatic hydroxyl groups excluding tert-OH is 1. The molecule has 5 nitrogen and oxygen atoms in total. The summed E-state index contributed by atoms with van der Waals surface area (Å²) in [5, 5.41) is 13.2. The molecule has 3 heterocycles. The molecule has 3 aromatic heterocycles. The molecule has 138 valence electrons. The highest BCUT2D eigenvalue weighted by atomic mass is 19.4. The van der Waals surface area contributed by atoms with Crippen LogP contribution in [0.25, 0.3) is 22.4 Å². The van der Waals surface area contributed by atoms with Crippen molar-refractivity contribution in [2.45, 2.75) is 43.9 Å². The molecule has 0 bridgehead atoms. The van der Waals surface area contributed by atoms with E-state index in [1.165, 1.54) is 11.7 Å². The molecule has 4 rings (SSSR count). The number of aliphatic hydroxyl groups is 1. The van der Waals surface area contributed by atoms with E-state index in [1.54, 1.807) is 6.07 Å². The Labute approximate surface area is 147 Å². The second-order valence-electron chi connectivity index (χ2n) is 6.90. The molecule has 0 aliphatic heterocycles. The highest BCUT2D eigenvalue weighted by Crippen LogP contribution is 2.35. The van der Waals surface area contributed by atoms with Crippen molar-refractivity contribution in [2.75, 3.05) is 0 Å². The fraction of sp³-hybridized carbons (Fsp3) is 0.444. The molecule has 26 heavy (non-hydrogen) atoms. The monoisotopic (exact) mass is 364 g/mol. The van der Waals surface area contributed by atoms with Crippen molar-refractivity contribution in [1.29, 1.82) is 0 Å². The molecule has 0 spiro atoms. The number of hydrogen-bond donors (Lipinski definition) is 2. The van der Waals surface area contributed by atoms with Gasteiger partial charge in [-0.2, -0.15) is 18.3 Å². The van der Waals surface area contributed by atoms with Crippen molar-refractivity contribution in [1.82, 2.24) is 19.7 Å². The van der Waals surface area contributed by atoms with Crippen LogP contribution >= 0.6 is 0 Å². The molecule has 0 atom stereocenters. The first-order valence-electron chi connectivity index (χ1n) is 8.60. The van der Waals surface area contributed by atoms with Gasteiger partial charge in [0, 0.05) is 12.7 Å². The average Bonchev–Trinajstić information content (AvgIpc) is 3.18. The Bertz CT molecular complexity index is 936. The lowest BCUT2D eigenvalue weighted by atomic mass is 9.85. The summed E-state index contributed by atoms with van der Waals surface area (Å²) in [6.07, 6.45) is -1.29. The zero-order valence-electron chi connectivity index (χ0n) is 14.2. The lowest BCUT2D eigenvalue weighted by molar-refractivity contribution is -0.141. The van der Waals surface area contributed by atoms with Gasteiger partial charge in [0.25, 0.3) is 0 Å². The first-order valence-corrected chi connectivity index (χ1v) is 8.60. The van der Waals surface area contributed by atoms with Gasteiger partial charge in [-0.15, -0.1) is 0 Å². The molecule has 0 aromatic carbocycles. The van der Waals surface area contributed by atoms with Crippen molar-refractivity contribution in [2.24, 2.45) is 7.05 Å². The van der Waals surface area contributed by atoms with Crippen LogP contribution in [0.5, 0.6) is 0 Å². The smallest absolute Gasteiger partial charge is 0.393 e. The van der Waals surface area contributed by atoms with Crippen molar-refractivity contribution in [3.8, 4) is 11.4 Å². The molecule has 1 aliphatic rings. The highest BCUT2D eigenvalue weighted by Gasteiger charge is 2.34. The third-order valence-electron chi connectivity index (χ3n) is 5.07. The molecule has 8 heteroatoms. The van der Waals surface area contributed by atoms with Crippen LogP contribution < -0.4 is 0 Å². The van der Waals surface area contributed by atoms with Gasteiger partial charge in [-0.1, -0.05) is 0 Å². The maximum atomic E-state index is 12.9. The summed E-state index contributed by atoms with van der Waals surface area (Å²) in [5.41, 5.74) is 2.49. The number of aryl methyl sites for hydroxylation is 1. The topological polar surface area (TPSA) is 66.7 Å². The van der Waals surface area contributed by atoms with E-state index in [1.807, 2.05) is 12.1 Å². The van der Waals surface area contributed by atoms with Crippen LogP contribution in [-0.2, 0) is 13.2 Å². The number of halogens is 3. The average molecular weight is 364 g/mol. The van der Waals surface area contributed by atoms with Gasteiger partial charge in [0.1, 0.15) is 0 Å².